The number of carbonyl (C=O) groups is 2. The van der Waals surface area contributed by atoms with E-state index in [1.807, 2.05) is 78.9 Å². The van der Waals surface area contributed by atoms with Gasteiger partial charge in [-0.1, -0.05) is 48.2 Å². The van der Waals surface area contributed by atoms with Gasteiger partial charge in [0.2, 0.25) is 0 Å². The third kappa shape index (κ3) is 7.43. The molecule has 0 aromatic heterocycles. The van der Waals surface area contributed by atoms with E-state index in [4.69, 9.17) is 19.9 Å². The maximum atomic E-state index is 11.1. The van der Waals surface area contributed by atoms with Crippen molar-refractivity contribution < 1.29 is 23.8 Å². The van der Waals surface area contributed by atoms with Gasteiger partial charge in [-0.25, -0.2) is 0 Å². The molecule has 2 N–H and O–H groups in total. The Morgan fingerprint density at radius 3 is 1.91 bits per heavy atom. The summed E-state index contributed by atoms with van der Waals surface area (Å²) in [6.07, 6.45) is 5.15. The fourth-order valence-corrected chi connectivity index (χ4v) is 3.72. The molecule has 0 aliphatic rings. The molecule has 0 aliphatic carbocycles. The molecule has 3 aromatic carbocycles. The fourth-order valence-electron chi connectivity index (χ4n) is 3.09. The Labute approximate surface area is 197 Å². The van der Waals surface area contributed by atoms with Crippen molar-refractivity contribution >= 4 is 35.4 Å². The molecule has 0 saturated heterocycles. The topological polar surface area (TPSA) is 87.9 Å². The van der Waals surface area contributed by atoms with Gasteiger partial charge in [0.1, 0.15) is 29.3 Å². The summed E-state index contributed by atoms with van der Waals surface area (Å²) in [6.45, 7) is 0. The van der Waals surface area contributed by atoms with Crippen molar-refractivity contribution in [1.29, 1.82) is 0 Å². The number of carbonyl (C=O) groups excluding carboxylic acids is 2. The Morgan fingerprint density at radius 1 is 0.848 bits per heavy atom. The number of primary amides is 1. The van der Waals surface area contributed by atoms with Crippen LogP contribution in [-0.4, -0.2) is 31.0 Å². The summed E-state index contributed by atoms with van der Waals surface area (Å²) in [5.41, 5.74) is 8.06. The molecule has 170 valence electrons. The van der Waals surface area contributed by atoms with Gasteiger partial charge in [-0.3, -0.25) is 4.79 Å². The van der Waals surface area contributed by atoms with E-state index >= 15 is 0 Å². The first-order valence-corrected chi connectivity index (χ1v) is 11.1. The van der Waals surface area contributed by atoms with Crippen molar-refractivity contribution in [3.8, 4) is 23.0 Å². The summed E-state index contributed by atoms with van der Waals surface area (Å²) in [5, 5.41) is -1.05. The molecule has 7 heteroatoms. The number of hydrogen-bond acceptors (Lipinski definition) is 6. The van der Waals surface area contributed by atoms with E-state index in [-0.39, 0.29) is 0 Å². The fraction of sp³-hybridized carbons (Fsp3) is 0.154. The third-order valence-electron chi connectivity index (χ3n) is 4.74. The molecular weight excluding hydrogens is 438 g/mol. The van der Waals surface area contributed by atoms with Crippen molar-refractivity contribution in [2.75, 3.05) is 14.2 Å². The predicted octanol–water partition coefficient (Wildman–Crippen LogP) is 5.59. The van der Waals surface area contributed by atoms with Gasteiger partial charge in [0.25, 0.3) is 5.24 Å². The molecule has 0 fully saturated rings. The monoisotopic (exact) mass is 463 g/mol. The van der Waals surface area contributed by atoms with E-state index in [0.717, 1.165) is 46.2 Å². The summed E-state index contributed by atoms with van der Waals surface area (Å²) >= 11 is 0.830. The lowest BCUT2D eigenvalue weighted by molar-refractivity contribution is -0.107. The van der Waals surface area contributed by atoms with Crippen LogP contribution >= 0.6 is 11.8 Å². The highest BCUT2D eigenvalue weighted by Gasteiger charge is 2.12. The number of ether oxygens (including phenoxy) is 3. The third-order valence-corrected chi connectivity index (χ3v) is 5.55. The van der Waals surface area contributed by atoms with Crippen LogP contribution in [0.2, 0.25) is 0 Å². The molecule has 3 aromatic rings. The molecule has 0 spiro atoms. The molecule has 0 radical (unpaired) electrons. The Kier molecular flexibility index (Phi) is 8.55. The van der Waals surface area contributed by atoms with Crippen LogP contribution in [0.15, 0.2) is 66.7 Å². The summed E-state index contributed by atoms with van der Waals surface area (Å²) in [5.74, 6) is 2.85. The Balaban J connectivity index is 1.61. The van der Waals surface area contributed by atoms with Crippen molar-refractivity contribution in [3.63, 3.8) is 0 Å². The number of methoxy groups -OCH3 is 2. The summed E-state index contributed by atoms with van der Waals surface area (Å²) in [6, 6.07) is 20.8. The number of thioether (sulfide) groups is 1. The van der Waals surface area contributed by atoms with E-state index in [1.165, 1.54) is 0 Å². The first kappa shape index (κ1) is 23.9. The predicted molar refractivity (Wildman–Crippen MR) is 132 cm³/mol. The molecule has 1 atom stereocenters. The lowest BCUT2D eigenvalue weighted by Gasteiger charge is -2.09. The molecular formula is C26H25NO5S. The average Bonchev–Trinajstić information content (AvgIpc) is 2.83. The molecule has 1 amide bonds. The highest BCUT2D eigenvalue weighted by molar-refractivity contribution is 8.14. The lowest BCUT2D eigenvalue weighted by Crippen LogP contribution is -2.15. The average molecular weight is 464 g/mol. The second-order valence-corrected chi connectivity index (χ2v) is 8.35. The molecule has 1 unspecified atom stereocenters. The van der Waals surface area contributed by atoms with E-state index in [0.29, 0.717) is 17.9 Å². The van der Waals surface area contributed by atoms with Gasteiger partial charge in [-0.15, -0.1) is 0 Å². The van der Waals surface area contributed by atoms with E-state index in [1.54, 1.807) is 14.2 Å². The van der Waals surface area contributed by atoms with Gasteiger partial charge >= 0.3 is 0 Å². The largest absolute Gasteiger partial charge is 0.497 e. The summed E-state index contributed by atoms with van der Waals surface area (Å²) in [7, 11) is 3.25. The van der Waals surface area contributed by atoms with Crippen LogP contribution in [-0.2, 0) is 11.2 Å². The number of amides is 1. The minimum absolute atomic E-state index is 0.428. The van der Waals surface area contributed by atoms with Gasteiger partial charge in [0.05, 0.1) is 19.5 Å². The zero-order chi connectivity index (χ0) is 23.6. The maximum absolute atomic E-state index is 11.1. The van der Waals surface area contributed by atoms with Gasteiger partial charge < -0.3 is 24.7 Å². The smallest absolute Gasteiger partial charge is 0.277 e. The highest BCUT2D eigenvalue weighted by atomic mass is 32.2. The molecule has 0 saturated carbocycles. The lowest BCUT2D eigenvalue weighted by atomic mass is 10.1. The highest BCUT2D eigenvalue weighted by Crippen LogP contribution is 2.26. The van der Waals surface area contributed by atoms with Crippen molar-refractivity contribution in [3.05, 3.63) is 83.4 Å². The van der Waals surface area contributed by atoms with Crippen molar-refractivity contribution in [2.24, 2.45) is 5.73 Å². The van der Waals surface area contributed by atoms with Gasteiger partial charge in [-0.2, -0.15) is 0 Å². The number of rotatable bonds is 10. The summed E-state index contributed by atoms with van der Waals surface area (Å²) in [4.78, 5) is 22.1. The molecule has 3 rings (SSSR count). The van der Waals surface area contributed by atoms with Crippen LogP contribution in [0.5, 0.6) is 23.0 Å². The molecule has 6 nitrogen and oxygen atoms in total. The Hall–Kier alpha value is -3.71. The number of benzene rings is 3. The minimum atomic E-state index is -0.562. The number of nitrogens with two attached hydrogens (primary N) is 1. The van der Waals surface area contributed by atoms with E-state index in [2.05, 4.69) is 0 Å². The van der Waals surface area contributed by atoms with Crippen LogP contribution < -0.4 is 19.9 Å². The zero-order valence-corrected chi connectivity index (χ0v) is 19.2. The molecule has 33 heavy (non-hydrogen) atoms. The normalized spacial score (nSPS) is 11.7. The van der Waals surface area contributed by atoms with Crippen molar-refractivity contribution in [1.82, 2.24) is 0 Å². The quantitative estimate of drug-likeness (QED) is 0.312. The molecule has 0 aliphatic heterocycles. The van der Waals surface area contributed by atoms with Crippen LogP contribution in [0.25, 0.3) is 12.2 Å². The van der Waals surface area contributed by atoms with Crippen LogP contribution in [0.4, 0.5) is 4.79 Å². The Morgan fingerprint density at radius 2 is 1.39 bits per heavy atom. The summed E-state index contributed by atoms with van der Waals surface area (Å²) < 4.78 is 16.5. The van der Waals surface area contributed by atoms with Crippen molar-refractivity contribution in [2.45, 2.75) is 11.7 Å². The standard InChI is InChI=1S/C26H25NO5S/c1-30-23-13-20(14-24(16-23)31-2)4-3-18-5-9-21(10-6-18)32-22-11-7-19(8-12-22)15-25(17-28)33-26(27)29/h3-14,16-17,25H,15H2,1-2H3,(H2,27,29)/b4-3-. The SMILES string of the molecule is COc1cc(/C=C\c2ccc(Oc3ccc(CC(C=O)SC(N)=O)cc3)cc2)cc(OC)c1. The zero-order valence-electron chi connectivity index (χ0n) is 18.4. The van der Waals surface area contributed by atoms with E-state index < -0.39 is 10.5 Å². The number of aldehydes is 1. The molecule has 0 bridgehead atoms. The van der Waals surface area contributed by atoms with Crippen LogP contribution in [0, 0.1) is 0 Å². The second kappa shape index (κ2) is 11.8. The van der Waals surface area contributed by atoms with E-state index in [9.17, 15) is 9.59 Å². The molecule has 0 heterocycles. The van der Waals surface area contributed by atoms with Crippen LogP contribution in [0.1, 0.15) is 16.7 Å². The second-order valence-electron chi connectivity index (χ2n) is 7.11. The minimum Gasteiger partial charge on any atom is -0.497 e. The first-order chi connectivity index (χ1) is 16.0. The van der Waals surface area contributed by atoms with Gasteiger partial charge in [0, 0.05) is 6.07 Å². The number of hydrogen-bond donors (Lipinski definition) is 1. The van der Waals surface area contributed by atoms with Gasteiger partial charge in [-0.05, 0) is 59.5 Å². The Bertz CT molecular complexity index is 1090. The first-order valence-electron chi connectivity index (χ1n) is 10.2. The maximum Gasteiger partial charge on any atom is 0.277 e. The van der Waals surface area contributed by atoms with Gasteiger partial charge in [0.15, 0.2) is 0 Å². The van der Waals surface area contributed by atoms with Crippen LogP contribution in [0.3, 0.4) is 0 Å².